The summed E-state index contributed by atoms with van der Waals surface area (Å²) in [7, 11) is 1.86. The van der Waals surface area contributed by atoms with Crippen LogP contribution in [0.3, 0.4) is 0 Å². The van der Waals surface area contributed by atoms with Crippen molar-refractivity contribution in [3.8, 4) is 0 Å². The van der Waals surface area contributed by atoms with E-state index in [0.717, 1.165) is 16.6 Å². The predicted molar refractivity (Wildman–Crippen MR) is 62.1 cm³/mol. The SMILES string of the molecule is CNCCC(O)c1ccc(Br)c(N)c1. The minimum absolute atomic E-state index is 0.446. The Labute approximate surface area is 92.4 Å². The molecular formula is C10H15BrN2O. The summed E-state index contributed by atoms with van der Waals surface area (Å²) in [5.74, 6) is 0. The molecule has 4 N–H and O–H groups in total. The molecule has 0 aromatic heterocycles. The fourth-order valence-corrected chi connectivity index (χ4v) is 1.46. The topological polar surface area (TPSA) is 58.3 Å². The van der Waals surface area contributed by atoms with E-state index in [-0.39, 0.29) is 0 Å². The highest BCUT2D eigenvalue weighted by molar-refractivity contribution is 9.10. The first-order valence-electron chi connectivity index (χ1n) is 4.52. The van der Waals surface area contributed by atoms with E-state index in [1.54, 1.807) is 6.07 Å². The van der Waals surface area contributed by atoms with Gasteiger partial charge in [-0.3, -0.25) is 0 Å². The monoisotopic (exact) mass is 258 g/mol. The summed E-state index contributed by atoms with van der Waals surface area (Å²) in [5.41, 5.74) is 7.23. The van der Waals surface area contributed by atoms with Crippen LogP contribution >= 0.6 is 15.9 Å². The van der Waals surface area contributed by atoms with Crippen molar-refractivity contribution in [1.82, 2.24) is 5.32 Å². The first-order valence-corrected chi connectivity index (χ1v) is 5.32. The molecule has 0 amide bonds. The molecule has 1 unspecified atom stereocenters. The van der Waals surface area contributed by atoms with Crippen molar-refractivity contribution in [2.24, 2.45) is 0 Å². The molecule has 1 aromatic carbocycles. The number of rotatable bonds is 4. The Kier molecular flexibility index (Phi) is 4.38. The van der Waals surface area contributed by atoms with Crippen molar-refractivity contribution in [2.75, 3.05) is 19.3 Å². The van der Waals surface area contributed by atoms with E-state index in [4.69, 9.17) is 5.73 Å². The maximum atomic E-state index is 9.76. The summed E-state index contributed by atoms with van der Waals surface area (Å²) in [5, 5.41) is 12.7. The van der Waals surface area contributed by atoms with Crippen molar-refractivity contribution in [2.45, 2.75) is 12.5 Å². The van der Waals surface area contributed by atoms with E-state index >= 15 is 0 Å². The number of hydrogen-bond donors (Lipinski definition) is 3. The van der Waals surface area contributed by atoms with Gasteiger partial charge in [-0.25, -0.2) is 0 Å². The molecule has 4 heteroatoms. The Morgan fingerprint density at radius 1 is 1.57 bits per heavy atom. The van der Waals surface area contributed by atoms with Gasteiger partial charge in [0.25, 0.3) is 0 Å². The van der Waals surface area contributed by atoms with Crippen LogP contribution in [0, 0.1) is 0 Å². The number of nitrogen functional groups attached to an aromatic ring is 1. The lowest BCUT2D eigenvalue weighted by molar-refractivity contribution is 0.168. The van der Waals surface area contributed by atoms with Crippen LogP contribution in [-0.4, -0.2) is 18.7 Å². The second-order valence-corrected chi connectivity index (χ2v) is 4.04. The fourth-order valence-electron chi connectivity index (χ4n) is 1.22. The van der Waals surface area contributed by atoms with Gasteiger partial charge in [0.2, 0.25) is 0 Å². The van der Waals surface area contributed by atoms with Crippen LogP contribution in [0.4, 0.5) is 5.69 Å². The summed E-state index contributed by atoms with van der Waals surface area (Å²) >= 11 is 3.31. The van der Waals surface area contributed by atoms with Gasteiger partial charge in [0.05, 0.1) is 6.10 Å². The summed E-state index contributed by atoms with van der Waals surface area (Å²) < 4.78 is 0.863. The summed E-state index contributed by atoms with van der Waals surface area (Å²) in [6.07, 6.45) is 0.246. The smallest absolute Gasteiger partial charge is 0.0802 e. The molecular weight excluding hydrogens is 244 g/mol. The number of anilines is 1. The molecule has 0 aliphatic heterocycles. The third-order valence-electron chi connectivity index (χ3n) is 2.07. The molecule has 0 heterocycles. The first-order chi connectivity index (χ1) is 6.65. The average Bonchev–Trinajstić information content (AvgIpc) is 2.18. The molecule has 0 aliphatic rings. The summed E-state index contributed by atoms with van der Waals surface area (Å²) in [6.45, 7) is 0.789. The zero-order chi connectivity index (χ0) is 10.6. The lowest BCUT2D eigenvalue weighted by Crippen LogP contribution is -2.12. The first kappa shape index (κ1) is 11.5. The maximum absolute atomic E-state index is 9.76. The molecule has 14 heavy (non-hydrogen) atoms. The van der Waals surface area contributed by atoms with Crippen molar-refractivity contribution < 1.29 is 5.11 Å². The molecule has 3 nitrogen and oxygen atoms in total. The molecule has 0 aliphatic carbocycles. The largest absolute Gasteiger partial charge is 0.398 e. The van der Waals surface area contributed by atoms with E-state index in [1.807, 2.05) is 19.2 Å². The Morgan fingerprint density at radius 2 is 2.29 bits per heavy atom. The van der Waals surface area contributed by atoms with Gasteiger partial charge in [0, 0.05) is 10.2 Å². The third-order valence-corrected chi connectivity index (χ3v) is 2.79. The fraction of sp³-hybridized carbons (Fsp3) is 0.400. The number of nitrogens with two attached hydrogens (primary N) is 1. The molecule has 0 saturated carbocycles. The van der Waals surface area contributed by atoms with Gasteiger partial charge in [-0.1, -0.05) is 6.07 Å². The number of hydrogen-bond acceptors (Lipinski definition) is 3. The Hall–Kier alpha value is -0.580. The van der Waals surface area contributed by atoms with Crippen molar-refractivity contribution >= 4 is 21.6 Å². The van der Waals surface area contributed by atoms with Gasteiger partial charge in [-0.2, -0.15) is 0 Å². The molecule has 0 bridgehead atoms. The lowest BCUT2D eigenvalue weighted by Gasteiger charge is -2.11. The number of nitrogens with one attached hydrogen (secondary N) is 1. The van der Waals surface area contributed by atoms with Crippen LogP contribution in [-0.2, 0) is 0 Å². The molecule has 0 saturated heterocycles. The van der Waals surface area contributed by atoms with Gasteiger partial charge in [0.15, 0.2) is 0 Å². The minimum atomic E-state index is -0.446. The van der Waals surface area contributed by atoms with Gasteiger partial charge < -0.3 is 16.2 Å². The molecule has 1 atom stereocenters. The maximum Gasteiger partial charge on any atom is 0.0802 e. The molecule has 0 spiro atoms. The standard InChI is InChI=1S/C10H15BrN2O/c1-13-5-4-10(14)7-2-3-8(11)9(12)6-7/h2-3,6,10,13-14H,4-5,12H2,1H3. The number of aliphatic hydroxyl groups is 1. The Morgan fingerprint density at radius 3 is 2.86 bits per heavy atom. The molecule has 0 fully saturated rings. The van der Waals surface area contributed by atoms with Crippen LogP contribution in [0.1, 0.15) is 18.1 Å². The van der Waals surface area contributed by atoms with E-state index in [2.05, 4.69) is 21.2 Å². The Balaban J connectivity index is 2.70. The normalized spacial score (nSPS) is 12.8. The predicted octanol–water partition coefficient (Wildman–Crippen LogP) is 1.67. The number of halogens is 1. The molecule has 1 aromatic rings. The minimum Gasteiger partial charge on any atom is -0.398 e. The van der Waals surface area contributed by atoms with E-state index in [1.165, 1.54) is 0 Å². The van der Waals surface area contributed by atoms with E-state index in [9.17, 15) is 5.11 Å². The average molecular weight is 259 g/mol. The van der Waals surface area contributed by atoms with Gasteiger partial charge >= 0.3 is 0 Å². The summed E-state index contributed by atoms with van der Waals surface area (Å²) in [6, 6.07) is 5.53. The number of benzene rings is 1. The molecule has 78 valence electrons. The quantitative estimate of drug-likeness (QED) is 0.721. The van der Waals surface area contributed by atoms with E-state index in [0.29, 0.717) is 12.1 Å². The van der Waals surface area contributed by atoms with Gasteiger partial charge in [-0.05, 0) is 53.6 Å². The second-order valence-electron chi connectivity index (χ2n) is 3.19. The summed E-state index contributed by atoms with van der Waals surface area (Å²) in [4.78, 5) is 0. The van der Waals surface area contributed by atoms with Crippen LogP contribution in [0.5, 0.6) is 0 Å². The van der Waals surface area contributed by atoms with Gasteiger partial charge in [-0.15, -0.1) is 0 Å². The highest BCUT2D eigenvalue weighted by atomic mass is 79.9. The van der Waals surface area contributed by atoms with Crippen LogP contribution in [0.15, 0.2) is 22.7 Å². The highest BCUT2D eigenvalue weighted by Gasteiger charge is 2.07. The second kappa shape index (κ2) is 5.34. The van der Waals surface area contributed by atoms with Crippen LogP contribution < -0.4 is 11.1 Å². The molecule has 0 radical (unpaired) electrons. The van der Waals surface area contributed by atoms with Crippen LogP contribution in [0.25, 0.3) is 0 Å². The lowest BCUT2D eigenvalue weighted by atomic mass is 10.1. The molecule has 1 rings (SSSR count). The van der Waals surface area contributed by atoms with Crippen molar-refractivity contribution in [3.63, 3.8) is 0 Å². The van der Waals surface area contributed by atoms with Crippen molar-refractivity contribution in [3.05, 3.63) is 28.2 Å². The highest BCUT2D eigenvalue weighted by Crippen LogP contribution is 2.24. The van der Waals surface area contributed by atoms with Crippen molar-refractivity contribution in [1.29, 1.82) is 0 Å². The zero-order valence-corrected chi connectivity index (χ0v) is 9.71. The third kappa shape index (κ3) is 2.97. The van der Waals surface area contributed by atoms with Gasteiger partial charge in [0.1, 0.15) is 0 Å². The Bertz CT molecular complexity index is 304. The zero-order valence-electron chi connectivity index (χ0n) is 8.13. The van der Waals surface area contributed by atoms with E-state index < -0.39 is 6.10 Å². The number of aliphatic hydroxyl groups excluding tert-OH is 1. The van der Waals surface area contributed by atoms with Crippen LogP contribution in [0.2, 0.25) is 0 Å².